The molecule has 0 spiro atoms. The van der Waals surface area contributed by atoms with Gasteiger partial charge >= 0.3 is 7.82 Å². The van der Waals surface area contributed by atoms with Crippen LogP contribution in [0.15, 0.2) is 30.5 Å². The SMILES string of the molecule is Cc1cn2nc([C@@H]3CCCCN3C(=O)c3cc(Cl)ccc3NS(C)(=O)=O)cc2nc1N1C[C@H](C#N)[C@H](OP(=O)(O)O)C1. The summed E-state index contributed by atoms with van der Waals surface area (Å²) in [6.45, 7) is 2.50. The van der Waals surface area contributed by atoms with Gasteiger partial charge < -0.3 is 19.6 Å². The van der Waals surface area contributed by atoms with Crippen molar-refractivity contribution in [2.45, 2.75) is 38.3 Å². The van der Waals surface area contributed by atoms with Crippen LogP contribution < -0.4 is 9.62 Å². The van der Waals surface area contributed by atoms with Crippen LogP contribution in [0.5, 0.6) is 0 Å². The molecular formula is C25H29ClN7O7PS. The number of rotatable bonds is 7. The number of nitrogens with zero attached hydrogens (tertiary/aromatic N) is 6. The molecule has 0 saturated carbocycles. The highest BCUT2D eigenvalue weighted by Crippen LogP contribution is 2.42. The molecule has 5 rings (SSSR count). The number of nitriles is 1. The molecule has 224 valence electrons. The van der Waals surface area contributed by atoms with Crippen molar-refractivity contribution in [3.63, 3.8) is 0 Å². The number of amides is 1. The molecule has 2 aromatic heterocycles. The number of benzene rings is 1. The number of phosphoric ester groups is 1. The van der Waals surface area contributed by atoms with E-state index in [-0.39, 0.29) is 30.2 Å². The molecule has 2 saturated heterocycles. The van der Waals surface area contributed by atoms with Gasteiger partial charge in [0, 0.05) is 42.5 Å². The van der Waals surface area contributed by atoms with Crippen LogP contribution in [0, 0.1) is 24.2 Å². The van der Waals surface area contributed by atoms with Gasteiger partial charge in [0.2, 0.25) is 10.0 Å². The van der Waals surface area contributed by atoms with Crippen molar-refractivity contribution in [2.75, 3.05) is 35.5 Å². The topological polar surface area (TPSA) is 190 Å². The molecule has 1 amide bonds. The predicted molar refractivity (Wildman–Crippen MR) is 154 cm³/mol. The minimum absolute atomic E-state index is 0.0722. The van der Waals surface area contributed by atoms with Gasteiger partial charge in [0.15, 0.2) is 5.65 Å². The number of fused-ring (bicyclic) bond motifs is 1. The summed E-state index contributed by atoms with van der Waals surface area (Å²) < 4.78 is 44.1. The third-order valence-electron chi connectivity index (χ3n) is 7.24. The van der Waals surface area contributed by atoms with Gasteiger partial charge in [-0.05, 0) is 44.4 Å². The Kier molecular flexibility index (Phi) is 8.23. The molecule has 2 aliphatic heterocycles. The molecule has 2 aliphatic rings. The molecule has 17 heteroatoms. The zero-order valence-electron chi connectivity index (χ0n) is 22.7. The number of carbonyl (C=O) groups is 1. The number of piperidine rings is 1. The van der Waals surface area contributed by atoms with Crippen LogP contribution in [0.2, 0.25) is 5.02 Å². The number of hydrogen-bond donors (Lipinski definition) is 3. The Morgan fingerprint density at radius 3 is 2.71 bits per heavy atom. The fraction of sp³-hybridized carbons (Fsp3) is 0.440. The fourth-order valence-corrected chi connectivity index (χ4v) is 6.79. The van der Waals surface area contributed by atoms with Crippen LogP contribution in [-0.4, -0.2) is 75.6 Å². The third kappa shape index (κ3) is 6.54. The van der Waals surface area contributed by atoms with Gasteiger partial charge in [-0.15, -0.1) is 0 Å². The van der Waals surface area contributed by atoms with Crippen LogP contribution in [-0.2, 0) is 19.1 Å². The van der Waals surface area contributed by atoms with E-state index in [4.69, 9.17) is 26.2 Å². The molecule has 3 atom stereocenters. The molecule has 2 fully saturated rings. The molecule has 3 aromatic rings. The molecule has 42 heavy (non-hydrogen) atoms. The van der Waals surface area contributed by atoms with E-state index in [1.807, 2.05) is 13.0 Å². The minimum Gasteiger partial charge on any atom is -0.352 e. The Morgan fingerprint density at radius 2 is 2.02 bits per heavy atom. The highest BCUT2D eigenvalue weighted by molar-refractivity contribution is 7.92. The van der Waals surface area contributed by atoms with Gasteiger partial charge in [0.1, 0.15) is 11.9 Å². The summed E-state index contributed by atoms with van der Waals surface area (Å²) >= 11 is 6.18. The van der Waals surface area contributed by atoms with Gasteiger partial charge in [-0.25, -0.2) is 22.5 Å². The Labute approximate surface area is 247 Å². The number of anilines is 2. The number of hydrogen-bond acceptors (Lipinski definition) is 9. The third-order valence-corrected chi connectivity index (χ3v) is 8.61. The molecule has 4 heterocycles. The normalized spacial score (nSPS) is 21.5. The lowest BCUT2D eigenvalue weighted by Gasteiger charge is -2.35. The van der Waals surface area contributed by atoms with E-state index in [0.29, 0.717) is 35.1 Å². The highest BCUT2D eigenvalue weighted by atomic mass is 35.5. The lowest BCUT2D eigenvalue weighted by Crippen LogP contribution is -2.39. The second kappa shape index (κ2) is 11.4. The van der Waals surface area contributed by atoms with Crippen molar-refractivity contribution < 1.29 is 32.1 Å². The Balaban J connectivity index is 1.45. The second-order valence-corrected chi connectivity index (χ2v) is 13.8. The van der Waals surface area contributed by atoms with Crippen molar-refractivity contribution in [2.24, 2.45) is 5.92 Å². The molecule has 0 radical (unpaired) electrons. The predicted octanol–water partition coefficient (Wildman–Crippen LogP) is 2.87. The summed E-state index contributed by atoms with van der Waals surface area (Å²) in [7, 11) is -8.43. The van der Waals surface area contributed by atoms with E-state index >= 15 is 0 Å². The van der Waals surface area contributed by atoms with Crippen LogP contribution in [0.25, 0.3) is 5.65 Å². The summed E-state index contributed by atoms with van der Waals surface area (Å²) in [5.74, 6) is -0.616. The summed E-state index contributed by atoms with van der Waals surface area (Å²) in [6.07, 6.45) is 4.04. The average molecular weight is 638 g/mol. The number of sulfonamides is 1. The number of halogens is 1. The standard InChI is InChI=1S/C25H29ClN7O7PS/c1-15-12-33-23(28-24(15)31-13-16(11-27)22(14-31)40-41(35,36)37)10-20(29-33)21-5-3-4-8-32(21)25(34)18-9-17(26)6-7-19(18)30-42(2,38)39/h6-7,9-10,12,16,21-22,30H,3-5,8,13-14H2,1-2H3,(H2,35,36,37)/t16-,21-,22+/m0/s1. The van der Waals surface area contributed by atoms with Crippen LogP contribution in [0.3, 0.4) is 0 Å². The number of likely N-dealkylation sites (tertiary alicyclic amines) is 1. The highest BCUT2D eigenvalue weighted by Gasteiger charge is 2.39. The van der Waals surface area contributed by atoms with E-state index < -0.39 is 35.9 Å². The second-order valence-electron chi connectivity index (χ2n) is 10.5. The van der Waals surface area contributed by atoms with Gasteiger partial charge in [0.05, 0.1) is 41.2 Å². The maximum atomic E-state index is 13.8. The van der Waals surface area contributed by atoms with Gasteiger partial charge in [-0.1, -0.05) is 11.6 Å². The molecule has 0 unspecified atom stereocenters. The first-order valence-electron chi connectivity index (χ1n) is 13.1. The van der Waals surface area contributed by atoms with E-state index in [9.17, 15) is 32.8 Å². The Hall–Kier alpha value is -3.25. The Morgan fingerprint density at radius 1 is 1.26 bits per heavy atom. The van der Waals surface area contributed by atoms with Gasteiger partial charge in [-0.3, -0.25) is 14.0 Å². The largest absolute Gasteiger partial charge is 0.469 e. The lowest BCUT2D eigenvalue weighted by atomic mass is 9.98. The van der Waals surface area contributed by atoms with Crippen LogP contribution >= 0.6 is 19.4 Å². The van der Waals surface area contributed by atoms with Crippen LogP contribution in [0.1, 0.15) is 46.9 Å². The number of aromatic nitrogens is 3. The molecule has 0 aliphatic carbocycles. The monoisotopic (exact) mass is 637 g/mol. The first-order valence-corrected chi connectivity index (χ1v) is 16.9. The van der Waals surface area contributed by atoms with Crippen molar-refractivity contribution in [3.8, 4) is 6.07 Å². The van der Waals surface area contributed by atoms with Crippen molar-refractivity contribution in [1.82, 2.24) is 19.5 Å². The number of phosphoric acid groups is 1. The fourth-order valence-electron chi connectivity index (χ4n) is 5.48. The number of carbonyl (C=O) groups excluding carboxylic acids is 1. The van der Waals surface area contributed by atoms with E-state index in [1.54, 1.807) is 26.6 Å². The molecule has 0 bridgehead atoms. The summed E-state index contributed by atoms with van der Waals surface area (Å²) in [6, 6.07) is 7.82. The van der Waals surface area contributed by atoms with Gasteiger partial charge in [-0.2, -0.15) is 10.4 Å². The van der Waals surface area contributed by atoms with Crippen molar-refractivity contribution >= 4 is 52.5 Å². The van der Waals surface area contributed by atoms with Gasteiger partial charge in [0.25, 0.3) is 5.91 Å². The van der Waals surface area contributed by atoms with E-state index in [0.717, 1.165) is 24.7 Å². The minimum atomic E-state index is -4.79. The maximum Gasteiger partial charge on any atom is 0.469 e. The first-order chi connectivity index (χ1) is 19.7. The summed E-state index contributed by atoms with van der Waals surface area (Å²) in [4.78, 5) is 40.5. The molecule has 1 aromatic carbocycles. The smallest absolute Gasteiger partial charge is 0.352 e. The number of nitrogens with one attached hydrogen (secondary N) is 1. The molecule has 14 nitrogen and oxygen atoms in total. The van der Waals surface area contributed by atoms with Crippen molar-refractivity contribution in [3.05, 3.63) is 52.3 Å². The number of aryl methyl sites for hydroxylation is 1. The van der Waals surface area contributed by atoms with Crippen molar-refractivity contribution in [1.29, 1.82) is 5.26 Å². The molecular weight excluding hydrogens is 609 g/mol. The van der Waals surface area contributed by atoms with E-state index in [2.05, 4.69) is 4.72 Å². The maximum absolute atomic E-state index is 13.8. The quantitative estimate of drug-likeness (QED) is 0.323. The first kappa shape index (κ1) is 30.2. The summed E-state index contributed by atoms with van der Waals surface area (Å²) in [5.41, 5.74) is 2.07. The average Bonchev–Trinajstić information content (AvgIpc) is 3.50. The zero-order valence-corrected chi connectivity index (χ0v) is 25.2. The molecule has 3 N–H and O–H groups in total. The van der Waals surface area contributed by atoms with Crippen LogP contribution in [0.4, 0.5) is 11.5 Å². The van der Waals surface area contributed by atoms with E-state index in [1.165, 1.54) is 18.2 Å². The summed E-state index contributed by atoms with van der Waals surface area (Å²) in [5, 5.41) is 14.5. The Bertz CT molecular complexity index is 1740. The zero-order chi connectivity index (χ0) is 30.4. The lowest BCUT2D eigenvalue weighted by molar-refractivity contribution is 0.0606.